The minimum absolute atomic E-state index is 0.0263. The van der Waals surface area contributed by atoms with Crippen molar-refractivity contribution >= 4 is 11.7 Å². The molecule has 0 radical (unpaired) electrons. The molecule has 0 aliphatic carbocycles. The van der Waals surface area contributed by atoms with E-state index in [4.69, 9.17) is 4.74 Å². The summed E-state index contributed by atoms with van der Waals surface area (Å²) in [5.74, 6) is 1.51. The van der Waals surface area contributed by atoms with Crippen molar-refractivity contribution in [2.24, 2.45) is 0 Å². The third-order valence-corrected chi connectivity index (χ3v) is 4.33. The van der Waals surface area contributed by atoms with E-state index in [9.17, 15) is 4.79 Å². The Labute approximate surface area is 151 Å². The monoisotopic (exact) mass is 351 g/mol. The predicted molar refractivity (Wildman–Crippen MR) is 96.6 cm³/mol. The molecule has 7 nitrogen and oxygen atoms in total. The molecule has 3 aromatic rings. The number of hydrogen-bond donors (Lipinski definition) is 1. The molecule has 2 aromatic heterocycles. The van der Waals surface area contributed by atoms with E-state index in [1.54, 1.807) is 6.20 Å². The van der Waals surface area contributed by atoms with E-state index in [1.807, 2.05) is 54.0 Å². The summed E-state index contributed by atoms with van der Waals surface area (Å²) in [6.07, 6.45) is 5.50. The van der Waals surface area contributed by atoms with Gasteiger partial charge in [0.1, 0.15) is 11.9 Å². The van der Waals surface area contributed by atoms with Crippen molar-refractivity contribution in [2.45, 2.75) is 26.1 Å². The zero-order valence-corrected chi connectivity index (χ0v) is 14.6. The highest BCUT2D eigenvalue weighted by Crippen LogP contribution is 2.24. The van der Waals surface area contributed by atoms with E-state index in [-0.39, 0.29) is 12.0 Å². The van der Waals surface area contributed by atoms with Crippen LogP contribution in [0.25, 0.3) is 5.78 Å². The molecule has 0 saturated heterocycles. The fraction of sp³-hybridized carbons (Fsp3) is 0.316. The molecule has 0 fully saturated rings. The predicted octanol–water partition coefficient (Wildman–Crippen LogP) is 1.63. The fourth-order valence-electron chi connectivity index (χ4n) is 3.21. The van der Waals surface area contributed by atoms with Gasteiger partial charge in [-0.3, -0.25) is 14.1 Å². The van der Waals surface area contributed by atoms with Crippen LogP contribution in [0.1, 0.15) is 18.2 Å². The Morgan fingerprint density at radius 2 is 2.23 bits per heavy atom. The van der Waals surface area contributed by atoms with Gasteiger partial charge >= 0.3 is 0 Å². The van der Waals surface area contributed by atoms with Gasteiger partial charge < -0.3 is 10.1 Å². The molecule has 7 heteroatoms. The zero-order chi connectivity index (χ0) is 17.9. The Bertz CT molecular complexity index is 890. The molecule has 1 amide bonds. The molecule has 1 aliphatic heterocycles. The smallest absolute Gasteiger partial charge is 0.234 e. The van der Waals surface area contributed by atoms with Crippen LogP contribution < -0.4 is 10.1 Å². The topological polar surface area (TPSA) is 71.8 Å². The summed E-state index contributed by atoms with van der Waals surface area (Å²) in [5.41, 5.74) is 1.89. The van der Waals surface area contributed by atoms with E-state index >= 15 is 0 Å². The SMILES string of the molecule is CC1CN(CC(=O)NCc2cn3cccnc3n2)Cc2ccccc2O1. The van der Waals surface area contributed by atoms with Gasteiger partial charge in [0.2, 0.25) is 11.7 Å². The van der Waals surface area contributed by atoms with Crippen LogP contribution >= 0.6 is 0 Å². The minimum Gasteiger partial charge on any atom is -0.489 e. The first-order valence-electron chi connectivity index (χ1n) is 8.69. The summed E-state index contributed by atoms with van der Waals surface area (Å²) in [6, 6.07) is 9.83. The lowest BCUT2D eigenvalue weighted by Gasteiger charge is -2.21. The van der Waals surface area contributed by atoms with Gasteiger partial charge in [-0.1, -0.05) is 18.2 Å². The van der Waals surface area contributed by atoms with E-state index in [0.29, 0.717) is 32.0 Å². The lowest BCUT2D eigenvalue weighted by atomic mass is 10.2. The minimum atomic E-state index is -0.0263. The first-order chi connectivity index (χ1) is 12.7. The Morgan fingerprint density at radius 3 is 3.12 bits per heavy atom. The summed E-state index contributed by atoms with van der Waals surface area (Å²) in [5, 5.41) is 2.94. The number of hydrogen-bond acceptors (Lipinski definition) is 5. The molecule has 3 heterocycles. The van der Waals surface area contributed by atoms with Crippen molar-refractivity contribution in [1.82, 2.24) is 24.6 Å². The average molecular weight is 351 g/mol. The molecular weight excluding hydrogens is 330 g/mol. The van der Waals surface area contributed by atoms with Crippen LogP contribution in [-0.2, 0) is 17.9 Å². The van der Waals surface area contributed by atoms with E-state index < -0.39 is 0 Å². The third kappa shape index (κ3) is 3.67. The number of para-hydroxylation sites is 1. The number of ether oxygens (including phenoxy) is 1. The van der Waals surface area contributed by atoms with Gasteiger partial charge in [-0.2, -0.15) is 0 Å². The van der Waals surface area contributed by atoms with Crippen molar-refractivity contribution in [3.05, 3.63) is 60.2 Å². The Balaban J connectivity index is 1.36. The number of carbonyl (C=O) groups excluding carboxylic acids is 1. The van der Waals surface area contributed by atoms with Crippen LogP contribution in [0, 0.1) is 0 Å². The molecule has 0 bridgehead atoms. The number of rotatable bonds is 4. The van der Waals surface area contributed by atoms with Crippen LogP contribution in [0.15, 0.2) is 48.9 Å². The largest absolute Gasteiger partial charge is 0.489 e. The number of amides is 1. The van der Waals surface area contributed by atoms with Crippen LogP contribution in [0.5, 0.6) is 5.75 Å². The zero-order valence-electron chi connectivity index (χ0n) is 14.6. The maximum absolute atomic E-state index is 12.4. The van der Waals surface area contributed by atoms with Gasteiger partial charge in [-0.25, -0.2) is 9.97 Å². The van der Waals surface area contributed by atoms with Gasteiger partial charge in [0.15, 0.2) is 0 Å². The van der Waals surface area contributed by atoms with Crippen molar-refractivity contribution in [3.63, 3.8) is 0 Å². The van der Waals surface area contributed by atoms with Gasteiger partial charge in [0, 0.05) is 37.2 Å². The third-order valence-electron chi connectivity index (χ3n) is 4.33. The van der Waals surface area contributed by atoms with Crippen molar-refractivity contribution < 1.29 is 9.53 Å². The molecule has 1 aromatic carbocycles. The first kappa shape index (κ1) is 16.5. The standard InChI is InChI=1S/C19H21N5O2/c1-14-10-23(11-15-5-2-3-6-17(15)26-14)13-18(25)21-9-16-12-24-8-4-7-20-19(24)22-16/h2-8,12,14H,9-11,13H2,1H3,(H,21,25). The number of benzene rings is 1. The summed E-state index contributed by atoms with van der Waals surface area (Å²) >= 11 is 0. The molecule has 1 N–H and O–H groups in total. The van der Waals surface area contributed by atoms with Crippen molar-refractivity contribution in [2.75, 3.05) is 13.1 Å². The first-order valence-corrected chi connectivity index (χ1v) is 8.69. The molecule has 1 unspecified atom stereocenters. The van der Waals surface area contributed by atoms with Gasteiger partial charge in [-0.15, -0.1) is 0 Å². The fourth-order valence-corrected chi connectivity index (χ4v) is 3.21. The Hall–Kier alpha value is -2.93. The molecule has 0 spiro atoms. The maximum Gasteiger partial charge on any atom is 0.234 e. The van der Waals surface area contributed by atoms with E-state index in [1.165, 1.54) is 0 Å². The highest BCUT2D eigenvalue weighted by atomic mass is 16.5. The molecule has 134 valence electrons. The van der Waals surface area contributed by atoms with Gasteiger partial charge in [-0.05, 0) is 19.1 Å². The number of nitrogens with one attached hydrogen (secondary N) is 1. The number of aromatic nitrogens is 3. The molecule has 26 heavy (non-hydrogen) atoms. The Morgan fingerprint density at radius 1 is 1.35 bits per heavy atom. The average Bonchev–Trinajstić information content (AvgIpc) is 2.97. The normalized spacial score (nSPS) is 17.3. The van der Waals surface area contributed by atoms with Crippen LogP contribution in [0.4, 0.5) is 0 Å². The number of imidazole rings is 1. The summed E-state index contributed by atoms with van der Waals surface area (Å²) in [6.45, 7) is 4.15. The molecule has 4 rings (SSSR count). The highest BCUT2D eigenvalue weighted by molar-refractivity contribution is 5.78. The summed E-state index contributed by atoms with van der Waals surface area (Å²) in [7, 11) is 0. The number of nitrogens with zero attached hydrogens (tertiary/aromatic N) is 4. The molecular formula is C19H21N5O2. The van der Waals surface area contributed by atoms with Gasteiger partial charge in [0.25, 0.3) is 0 Å². The number of carbonyl (C=O) groups is 1. The van der Waals surface area contributed by atoms with Crippen molar-refractivity contribution in [3.8, 4) is 5.75 Å². The quantitative estimate of drug-likeness (QED) is 0.773. The molecule has 1 atom stereocenters. The second-order valence-corrected chi connectivity index (χ2v) is 6.54. The summed E-state index contributed by atoms with van der Waals surface area (Å²) in [4.78, 5) is 23.1. The lowest BCUT2D eigenvalue weighted by Crippen LogP contribution is -2.39. The van der Waals surface area contributed by atoms with E-state index in [2.05, 4.69) is 20.2 Å². The highest BCUT2D eigenvalue weighted by Gasteiger charge is 2.21. The van der Waals surface area contributed by atoms with Crippen LogP contribution in [0.3, 0.4) is 0 Å². The lowest BCUT2D eigenvalue weighted by molar-refractivity contribution is -0.122. The van der Waals surface area contributed by atoms with Crippen molar-refractivity contribution in [1.29, 1.82) is 0 Å². The number of fused-ring (bicyclic) bond motifs is 2. The Kier molecular flexibility index (Phi) is 4.53. The maximum atomic E-state index is 12.4. The second kappa shape index (κ2) is 7.13. The van der Waals surface area contributed by atoms with Crippen LogP contribution in [0.2, 0.25) is 0 Å². The van der Waals surface area contributed by atoms with E-state index in [0.717, 1.165) is 17.0 Å². The molecule has 1 aliphatic rings. The van der Waals surface area contributed by atoms with Gasteiger partial charge in [0.05, 0.1) is 18.8 Å². The van der Waals surface area contributed by atoms with Crippen LogP contribution in [-0.4, -0.2) is 44.4 Å². The molecule has 0 saturated carbocycles. The summed E-state index contributed by atoms with van der Waals surface area (Å²) < 4.78 is 7.78. The second-order valence-electron chi connectivity index (χ2n) is 6.54.